The minimum atomic E-state index is -0.162. The lowest BCUT2D eigenvalue weighted by atomic mass is 10.2. The fraction of sp³-hybridized carbons (Fsp3) is 0.190. The molecule has 0 fully saturated rings. The number of ether oxygens (including phenoxy) is 1. The lowest BCUT2D eigenvalue weighted by Crippen LogP contribution is -2.22. The summed E-state index contributed by atoms with van der Waals surface area (Å²) < 4.78 is 11.4. The summed E-state index contributed by atoms with van der Waals surface area (Å²) in [5.74, 6) is 2.00. The van der Waals surface area contributed by atoms with Crippen molar-refractivity contribution < 1.29 is 13.9 Å². The number of benzene rings is 2. The summed E-state index contributed by atoms with van der Waals surface area (Å²) in [7, 11) is 0. The number of nitrogens with one attached hydrogen (secondary N) is 1. The number of hydrogen-bond donors (Lipinski definition) is 1. The fourth-order valence-electron chi connectivity index (χ4n) is 2.47. The second-order valence-corrected chi connectivity index (χ2v) is 6.58. The standard InChI is InChI=1S/C21H20ClNO3/c1-14(2)25-18-9-5-16(6-10-18)21(24)23-13-19-11-12-20(26-19)15-3-7-17(22)8-4-15/h3-12,14H,13H2,1-2H3,(H,23,24). The SMILES string of the molecule is CC(C)Oc1ccc(C(=O)NCc2ccc(-c3ccc(Cl)cc3)o2)cc1. The van der Waals surface area contributed by atoms with Crippen molar-refractivity contribution in [3.8, 4) is 17.1 Å². The molecule has 0 aliphatic carbocycles. The zero-order valence-corrected chi connectivity index (χ0v) is 15.4. The van der Waals surface area contributed by atoms with Crippen molar-refractivity contribution >= 4 is 17.5 Å². The molecule has 2 aromatic carbocycles. The van der Waals surface area contributed by atoms with Crippen molar-refractivity contribution in [1.82, 2.24) is 5.32 Å². The third-order valence-corrected chi connectivity index (χ3v) is 3.95. The van der Waals surface area contributed by atoms with Gasteiger partial charge in [0.25, 0.3) is 5.91 Å². The van der Waals surface area contributed by atoms with Crippen LogP contribution in [0, 0.1) is 0 Å². The lowest BCUT2D eigenvalue weighted by molar-refractivity contribution is 0.0948. The highest BCUT2D eigenvalue weighted by Gasteiger charge is 2.09. The number of rotatable bonds is 6. The summed E-state index contributed by atoms with van der Waals surface area (Å²) in [4.78, 5) is 12.3. The maximum Gasteiger partial charge on any atom is 0.251 e. The number of hydrogen-bond acceptors (Lipinski definition) is 3. The molecule has 1 heterocycles. The first-order chi connectivity index (χ1) is 12.5. The largest absolute Gasteiger partial charge is 0.491 e. The molecule has 1 N–H and O–H groups in total. The van der Waals surface area contributed by atoms with Gasteiger partial charge in [-0.15, -0.1) is 0 Å². The molecular weight excluding hydrogens is 350 g/mol. The fourth-order valence-corrected chi connectivity index (χ4v) is 2.59. The smallest absolute Gasteiger partial charge is 0.251 e. The number of halogens is 1. The molecule has 0 aliphatic heterocycles. The van der Waals surface area contributed by atoms with Crippen LogP contribution < -0.4 is 10.1 Å². The predicted molar refractivity (Wildman–Crippen MR) is 103 cm³/mol. The molecule has 26 heavy (non-hydrogen) atoms. The van der Waals surface area contributed by atoms with E-state index in [0.717, 1.165) is 17.1 Å². The molecule has 1 aromatic heterocycles. The number of amides is 1. The van der Waals surface area contributed by atoms with Gasteiger partial charge in [0.1, 0.15) is 17.3 Å². The molecule has 0 unspecified atom stereocenters. The monoisotopic (exact) mass is 369 g/mol. The highest BCUT2D eigenvalue weighted by molar-refractivity contribution is 6.30. The highest BCUT2D eigenvalue weighted by Crippen LogP contribution is 2.23. The third-order valence-electron chi connectivity index (χ3n) is 3.70. The third kappa shape index (κ3) is 4.67. The minimum Gasteiger partial charge on any atom is -0.491 e. The number of furan rings is 1. The van der Waals surface area contributed by atoms with E-state index in [2.05, 4.69) is 5.32 Å². The van der Waals surface area contributed by atoms with Crippen molar-refractivity contribution in [2.24, 2.45) is 0 Å². The van der Waals surface area contributed by atoms with Gasteiger partial charge in [0.05, 0.1) is 12.6 Å². The molecule has 3 rings (SSSR count). The summed E-state index contributed by atoms with van der Waals surface area (Å²) >= 11 is 5.90. The van der Waals surface area contributed by atoms with Gasteiger partial charge in [0.2, 0.25) is 0 Å². The Labute approximate surface area is 157 Å². The molecule has 0 aliphatic rings. The Morgan fingerprint density at radius 1 is 1.04 bits per heavy atom. The topological polar surface area (TPSA) is 51.5 Å². The molecule has 0 saturated carbocycles. The van der Waals surface area contributed by atoms with Crippen LogP contribution in [0.2, 0.25) is 5.02 Å². The minimum absolute atomic E-state index is 0.100. The summed E-state index contributed by atoms with van der Waals surface area (Å²) in [6.07, 6.45) is 0.100. The second kappa shape index (κ2) is 8.11. The van der Waals surface area contributed by atoms with Crippen LogP contribution in [-0.4, -0.2) is 12.0 Å². The summed E-state index contributed by atoms with van der Waals surface area (Å²) in [5, 5.41) is 3.53. The van der Waals surface area contributed by atoms with Crippen LogP contribution in [0.4, 0.5) is 0 Å². The number of carbonyl (C=O) groups is 1. The summed E-state index contributed by atoms with van der Waals surface area (Å²) in [6.45, 7) is 4.24. The Hall–Kier alpha value is -2.72. The maximum atomic E-state index is 12.3. The quantitative estimate of drug-likeness (QED) is 0.640. The Balaban J connectivity index is 1.58. The van der Waals surface area contributed by atoms with E-state index in [1.54, 1.807) is 24.3 Å². The number of carbonyl (C=O) groups excluding carboxylic acids is 1. The van der Waals surface area contributed by atoms with Crippen LogP contribution in [0.1, 0.15) is 30.0 Å². The average Bonchev–Trinajstić information content (AvgIpc) is 3.09. The van der Waals surface area contributed by atoms with Gasteiger partial charge < -0.3 is 14.5 Å². The Bertz CT molecular complexity index is 867. The molecule has 3 aromatic rings. The van der Waals surface area contributed by atoms with E-state index < -0.39 is 0 Å². The molecular formula is C21H20ClNO3. The zero-order valence-electron chi connectivity index (χ0n) is 14.7. The molecule has 5 heteroatoms. The van der Waals surface area contributed by atoms with E-state index in [-0.39, 0.29) is 12.0 Å². The maximum absolute atomic E-state index is 12.3. The van der Waals surface area contributed by atoms with E-state index in [1.807, 2.05) is 50.2 Å². The van der Waals surface area contributed by atoms with Crippen LogP contribution in [0.5, 0.6) is 5.75 Å². The summed E-state index contributed by atoms with van der Waals surface area (Å²) in [5.41, 5.74) is 1.51. The van der Waals surface area contributed by atoms with Crippen molar-refractivity contribution in [2.75, 3.05) is 0 Å². The van der Waals surface area contributed by atoms with Crippen LogP contribution >= 0.6 is 11.6 Å². The van der Waals surface area contributed by atoms with E-state index >= 15 is 0 Å². The van der Waals surface area contributed by atoms with Crippen LogP contribution in [-0.2, 0) is 6.54 Å². The Morgan fingerprint density at radius 3 is 2.38 bits per heavy atom. The average molecular weight is 370 g/mol. The van der Waals surface area contributed by atoms with Gasteiger partial charge >= 0.3 is 0 Å². The second-order valence-electron chi connectivity index (χ2n) is 6.15. The molecule has 4 nitrogen and oxygen atoms in total. The molecule has 1 amide bonds. The van der Waals surface area contributed by atoms with Crippen LogP contribution in [0.3, 0.4) is 0 Å². The molecule has 0 radical (unpaired) electrons. The van der Waals surface area contributed by atoms with E-state index in [0.29, 0.717) is 22.9 Å². The van der Waals surface area contributed by atoms with Gasteiger partial charge in [-0.25, -0.2) is 0 Å². The molecule has 134 valence electrons. The van der Waals surface area contributed by atoms with Gasteiger partial charge in [-0.1, -0.05) is 11.6 Å². The lowest BCUT2D eigenvalue weighted by Gasteiger charge is -2.10. The van der Waals surface area contributed by atoms with Crippen molar-refractivity contribution in [2.45, 2.75) is 26.5 Å². The predicted octanol–water partition coefficient (Wildman–Crippen LogP) is 5.32. The van der Waals surface area contributed by atoms with E-state index in [1.165, 1.54) is 0 Å². The van der Waals surface area contributed by atoms with Crippen molar-refractivity contribution in [3.63, 3.8) is 0 Å². The van der Waals surface area contributed by atoms with Gasteiger partial charge in [-0.2, -0.15) is 0 Å². The zero-order chi connectivity index (χ0) is 18.5. The van der Waals surface area contributed by atoms with Gasteiger partial charge in [0, 0.05) is 16.1 Å². The molecule has 0 saturated heterocycles. The Morgan fingerprint density at radius 2 is 1.73 bits per heavy atom. The van der Waals surface area contributed by atoms with Gasteiger partial charge in [-0.3, -0.25) is 4.79 Å². The van der Waals surface area contributed by atoms with E-state index in [4.69, 9.17) is 20.8 Å². The van der Waals surface area contributed by atoms with Crippen LogP contribution in [0.15, 0.2) is 65.1 Å². The Kier molecular flexibility index (Phi) is 5.64. The summed E-state index contributed by atoms with van der Waals surface area (Å²) in [6, 6.07) is 18.2. The normalized spacial score (nSPS) is 10.8. The first kappa shape index (κ1) is 18.1. The van der Waals surface area contributed by atoms with Crippen molar-refractivity contribution in [1.29, 1.82) is 0 Å². The molecule has 0 spiro atoms. The first-order valence-electron chi connectivity index (χ1n) is 8.41. The molecule has 0 bridgehead atoms. The molecule has 0 atom stereocenters. The van der Waals surface area contributed by atoms with E-state index in [9.17, 15) is 4.79 Å². The highest BCUT2D eigenvalue weighted by atomic mass is 35.5. The van der Waals surface area contributed by atoms with Crippen LogP contribution in [0.25, 0.3) is 11.3 Å². The van der Waals surface area contributed by atoms with Gasteiger partial charge in [-0.05, 0) is 74.5 Å². The van der Waals surface area contributed by atoms with Crippen molar-refractivity contribution in [3.05, 3.63) is 77.0 Å². The first-order valence-corrected chi connectivity index (χ1v) is 8.78. The van der Waals surface area contributed by atoms with Gasteiger partial charge in [0.15, 0.2) is 0 Å².